The molecular formula is C14H19NO2. The second-order valence-corrected chi connectivity index (χ2v) is 4.64. The van der Waals surface area contributed by atoms with Crippen molar-refractivity contribution >= 4 is 5.91 Å². The topological polar surface area (TPSA) is 40.5 Å². The molecule has 1 aliphatic carbocycles. The molecule has 0 heterocycles. The van der Waals surface area contributed by atoms with Gasteiger partial charge in [0, 0.05) is 19.2 Å². The highest BCUT2D eigenvalue weighted by Crippen LogP contribution is 2.22. The van der Waals surface area contributed by atoms with Crippen molar-refractivity contribution in [2.24, 2.45) is 0 Å². The van der Waals surface area contributed by atoms with Gasteiger partial charge >= 0.3 is 0 Å². The molecule has 1 amide bonds. The van der Waals surface area contributed by atoms with E-state index in [-0.39, 0.29) is 12.5 Å². The largest absolute Gasteiger partial charge is 0.395 e. The Bertz CT molecular complexity index is 415. The normalized spacial score (nSPS) is 14.2. The van der Waals surface area contributed by atoms with Crippen molar-refractivity contribution < 1.29 is 9.90 Å². The summed E-state index contributed by atoms with van der Waals surface area (Å²) in [6, 6.07) is 6.00. The molecule has 0 atom stereocenters. The average Bonchev–Trinajstić information content (AvgIpc) is 2.37. The number of carbonyl (C=O) groups is 1. The van der Waals surface area contributed by atoms with Gasteiger partial charge in [0.2, 0.25) is 0 Å². The summed E-state index contributed by atoms with van der Waals surface area (Å²) < 4.78 is 0. The van der Waals surface area contributed by atoms with E-state index in [0.717, 1.165) is 18.4 Å². The van der Waals surface area contributed by atoms with E-state index >= 15 is 0 Å². The first kappa shape index (κ1) is 12.1. The Morgan fingerprint density at radius 2 is 2.00 bits per heavy atom. The number of aryl methyl sites for hydroxylation is 2. The molecule has 0 saturated heterocycles. The number of fused-ring (bicyclic) bond motifs is 1. The second-order valence-electron chi connectivity index (χ2n) is 4.64. The van der Waals surface area contributed by atoms with Crippen LogP contribution in [0.5, 0.6) is 0 Å². The van der Waals surface area contributed by atoms with E-state index in [0.29, 0.717) is 6.54 Å². The number of hydrogen-bond acceptors (Lipinski definition) is 2. The molecule has 3 heteroatoms. The van der Waals surface area contributed by atoms with Crippen LogP contribution in [-0.4, -0.2) is 36.1 Å². The fraction of sp³-hybridized carbons (Fsp3) is 0.500. The lowest BCUT2D eigenvalue weighted by molar-refractivity contribution is 0.0767. The lowest BCUT2D eigenvalue weighted by Gasteiger charge is -2.19. The first-order valence-electron chi connectivity index (χ1n) is 6.20. The summed E-state index contributed by atoms with van der Waals surface area (Å²) in [5, 5.41) is 8.83. The van der Waals surface area contributed by atoms with E-state index in [2.05, 4.69) is 6.07 Å². The maximum Gasteiger partial charge on any atom is 0.253 e. The van der Waals surface area contributed by atoms with Crippen molar-refractivity contribution in [2.75, 3.05) is 20.2 Å². The van der Waals surface area contributed by atoms with Crippen LogP contribution < -0.4 is 0 Å². The number of rotatable bonds is 3. The molecule has 0 aromatic heterocycles. The van der Waals surface area contributed by atoms with E-state index in [1.807, 2.05) is 12.1 Å². The van der Waals surface area contributed by atoms with E-state index in [1.54, 1.807) is 11.9 Å². The summed E-state index contributed by atoms with van der Waals surface area (Å²) in [6.45, 7) is 0.392. The van der Waals surface area contributed by atoms with Crippen LogP contribution in [-0.2, 0) is 12.8 Å². The first-order valence-corrected chi connectivity index (χ1v) is 6.20. The fourth-order valence-electron chi connectivity index (χ4n) is 2.34. The molecular weight excluding hydrogens is 214 g/mol. The van der Waals surface area contributed by atoms with Gasteiger partial charge in [0.25, 0.3) is 5.91 Å². The lowest BCUT2D eigenvalue weighted by Crippen LogP contribution is -2.29. The third kappa shape index (κ3) is 2.67. The van der Waals surface area contributed by atoms with Gasteiger partial charge < -0.3 is 10.0 Å². The standard InChI is InChI=1S/C14H19NO2/c1-15(8-9-16)14(17)13-7-6-11-4-2-3-5-12(11)10-13/h6-7,10,16H,2-5,8-9H2,1H3. The molecule has 3 nitrogen and oxygen atoms in total. The smallest absolute Gasteiger partial charge is 0.253 e. The molecule has 1 aromatic rings. The average molecular weight is 233 g/mol. The highest BCUT2D eigenvalue weighted by Gasteiger charge is 2.15. The predicted octanol–water partition coefficient (Wildman–Crippen LogP) is 1.63. The summed E-state index contributed by atoms with van der Waals surface area (Å²) in [5.74, 6) is -0.00702. The third-order valence-electron chi connectivity index (χ3n) is 3.38. The van der Waals surface area contributed by atoms with E-state index in [4.69, 9.17) is 5.11 Å². The Morgan fingerprint density at radius 1 is 1.29 bits per heavy atom. The zero-order chi connectivity index (χ0) is 12.3. The quantitative estimate of drug-likeness (QED) is 0.862. The van der Waals surface area contributed by atoms with Crippen LogP contribution in [0.4, 0.5) is 0 Å². The molecule has 1 aromatic carbocycles. The molecule has 0 bridgehead atoms. The van der Waals surface area contributed by atoms with Gasteiger partial charge in [-0.05, 0) is 48.9 Å². The van der Waals surface area contributed by atoms with Gasteiger partial charge in [-0.3, -0.25) is 4.79 Å². The SMILES string of the molecule is CN(CCO)C(=O)c1ccc2c(c1)CCCC2. The first-order chi connectivity index (χ1) is 8.22. The number of aliphatic hydroxyl groups excluding tert-OH is 1. The van der Waals surface area contributed by atoms with Gasteiger partial charge in [-0.1, -0.05) is 6.07 Å². The molecule has 0 radical (unpaired) electrons. The molecule has 1 N–H and O–H groups in total. The second kappa shape index (κ2) is 5.32. The monoisotopic (exact) mass is 233 g/mol. The molecule has 92 valence electrons. The van der Waals surface area contributed by atoms with E-state index in [1.165, 1.54) is 24.0 Å². The van der Waals surface area contributed by atoms with Crippen LogP contribution >= 0.6 is 0 Å². The van der Waals surface area contributed by atoms with Crippen LogP contribution in [0.2, 0.25) is 0 Å². The molecule has 17 heavy (non-hydrogen) atoms. The minimum absolute atomic E-state index is 0.00702. The van der Waals surface area contributed by atoms with E-state index in [9.17, 15) is 4.79 Å². The van der Waals surface area contributed by atoms with Crippen molar-refractivity contribution in [1.82, 2.24) is 4.90 Å². The maximum absolute atomic E-state index is 12.0. The molecule has 0 fully saturated rings. The summed E-state index contributed by atoms with van der Waals surface area (Å²) in [4.78, 5) is 13.6. The number of nitrogens with zero attached hydrogens (tertiary/aromatic N) is 1. The summed E-state index contributed by atoms with van der Waals surface area (Å²) in [6.07, 6.45) is 4.69. The Kier molecular flexibility index (Phi) is 3.79. The van der Waals surface area contributed by atoms with Gasteiger partial charge in [-0.25, -0.2) is 0 Å². The van der Waals surface area contributed by atoms with Gasteiger partial charge in [0.15, 0.2) is 0 Å². The van der Waals surface area contributed by atoms with E-state index < -0.39 is 0 Å². The lowest BCUT2D eigenvalue weighted by atomic mass is 9.90. The zero-order valence-corrected chi connectivity index (χ0v) is 10.3. The van der Waals surface area contributed by atoms with Crippen LogP contribution in [0, 0.1) is 0 Å². The number of amides is 1. The molecule has 0 saturated carbocycles. The van der Waals surface area contributed by atoms with Gasteiger partial charge in [-0.2, -0.15) is 0 Å². The Morgan fingerprint density at radius 3 is 2.71 bits per heavy atom. The highest BCUT2D eigenvalue weighted by molar-refractivity contribution is 5.94. The highest BCUT2D eigenvalue weighted by atomic mass is 16.3. The molecule has 0 aliphatic heterocycles. The summed E-state index contributed by atoms with van der Waals surface area (Å²) >= 11 is 0. The minimum atomic E-state index is -0.00702. The molecule has 0 spiro atoms. The molecule has 0 unspecified atom stereocenters. The fourth-order valence-corrected chi connectivity index (χ4v) is 2.34. The van der Waals surface area contributed by atoms with Gasteiger partial charge in [0.1, 0.15) is 0 Å². The molecule has 2 rings (SSSR count). The van der Waals surface area contributed by atoms with Crippen LogP contribution in [0.1, 0.15) is 34.3 Å². The zero-order valence-electron chi connectivity index (χ0n) is 10.3. The summed E-state index contributed by atoms with van der Waals surface area (Å²) in [5.41, 5.74) is 3.44. The third-order valence-corrected chi connectivity index (χ3v) is 3.38. The number of hydrogen-bond donors (Lipinski definition) is 1. The Labute approximate surface area is 102 Å². The number of aliphatic hydroxyl groups is 1. The van der Waals surface area contributed by atoms with Crippen molar-refractivity contribution in [3.05, 3.63) is 34.9 Å². The number of benzene rings is 1. The van der Waals surface area contributed by atoms with Gasteiger partial charge in [0.05, 0.1) is 6.61 Å². The minimum Gasteiger partial charge on any atom is -0.395 e. The summed E-state index contributed by atoms with van der Waals surface area (Å²) in [7, 11) is 1.72. The van der Waals surface area contributed by atoms with Crippen LogP contribution in [0.25, 0.3) is 0 Å². The van der Waals surface area contributed by atoms with Crippen LogP contribution in [0.15, 0.2) is 18.2 Å². The Hall–Kier alpha value is -1.35. The number of likely N-dealkylation sites (N-methyl/N-ethyl adjacent to an activating group) is 1. The number of carbonyl (C=O) groups excluding carboxylic acids is 1. The van der Waals surface area contributed by atoms with Crippen molar-refractivity contribution in [3.63, 3.8) is 0 Å². The van der Waals surface area contributed by atoms with Gasteiger partial charge in [-0.15, -0.1) is 0 Å². The van der Waals surface area contributed by atoms with Crippen molar-refractivity contribution in [3.8, 4) is 0 Å². The van der Waals surface area contributed by atoms with Crippen LogP contribution in [0.3, 0.4) is 0 Å². The predicted molar refractivity (Wildman–Crippen MR) is 67.1 cm³/mol. The Balaban J connectivity index is 2.19. The maximum atomic E-state index is 12.0. The van der Waals surface area contributed by atoms with Crippen molar-refractivity contribution in [1.29, 1.82) is 0 Å². The van der Waals surface area contributed by atoms with Crippen molar-refractivity contribution in [2.45, 2.75) is 25.7 Å². The molecule has 1 aliphatic rings.